The summed E-state index contributed by atoms with van der Waals surface area (Å²) in [6.07, 6.45) is 0.616. The van der Waals surface area contributed by atoms with Gasteiger partial charge in [0.1, 0.15) is 0 Å². The van der Waals surface area contributed by atoms with Crippen LogP contribution in [0.3, 0.4) is 0 Å². The van der Waals surface area contributed by atoms with Crippen molar-refractivity contribution in [1.29, 1.82) is 0 Å². The lowest BCUT2D eigenvalue weighted by Crippen LogP contribution is -2.19. The summed E-state index contributed by atoms with van der Waals surface area (Å²) in [5.74, 6) is -2.57. The van der Waals surface area contributed by atoms with Crippen molar-refractivity contribution in [2.45, 2.75) is 13.3 Å². The summed E-state index contributed by atoms with van der Waals surface area (Å²) >= 11 is 0. The lowest BCUT2D eigenvalue weighted by molar-refractivity contribution is -0.236. The summed E-state index contributed by atoms with van der Waals surface area (Å²) < 4.78 is 4.27. The first-order valence-corrected chi connectivity index (χ1v) is 2.74. The molecule has 0 aliphatic heterocycles. The van der Waals surface area contributed by atoms with Crippen LogP contribution in [0.15, 0.2) is 0 Å². The Hall–Kier alpha value is -1.10. The van der Waals surface area contributed by atoms with Gasteiger partial charge in [-0.15, -0.1) is 0 Å². The molecule has 0 aromatic rings. The van der Waals surface area contributed by atoms with Gasteiger partial charge < -0.3 is 4.74 Å². The first kappa shape index (κ1) is 8.90. The SMILES string of the molecule is CCCOC(=O)C(=O)OO. The highest BCUT2D eigenvalue weighted by Crippen LogP contribution is 1.84. The summed E-state index contributed by atoms with van der Waals surface area (Å²) in [5, 5.41) is 7.65. The fraction of sp³-hybridized carbons (Fsp3) is 0.600. The number of ether oxygens (including phenoxy) is 1. The highest BCUT2D eigenvalue weighted by molar-refractivity contribution is 6.29. The van der Waals surface area contributed by atoms with E-state index in [-0.39, 0.29) is 6.61 Å². The van der Waals surface area contributed by atoms with Gasteiger partial charge in [-0.3, -0.25) is 4.89 Å². The predicted molar refractivity (Wildman–Crippen MR) is 30.0 cm³/mol. The van der Waals surface area contributed by atoms with Crippen molar-refractivity contribution in [3.05, 3.63) is 0 Å². The summed E-state index contributed by atoms with van der Waals surface area (Å²) in [6.45, 7) is 1.92. The molecule has 0 spiro atoms. The van der Waals surface area contributed by atoms with Gasteiger partial charge in [-0.05, 0) is 6.42 Å². The van der Waals surface area contributed by atoms with Gasteiger partial charge >= 0.3 is 11.9 Å². The first-order valence-electron chi connectivity index (χ1n) is 2.74. The van der Waals surface area contributed by atoms with Crippen molar-refractivity contribution in [3.63, 3.8) is 0 Å². The normalized spacial score (nSPS) is 8.60. The predicted octanol–water partition coefficient (Wildman–Crippen LogP) is -0.0442. The molecule has 1 N–H and O–H groups in total. The molecule has 0 rings (SSSR count). The molecule has 0 atom stereocenters. The molecule has 0 aromatic heterocycles. The van der Waals surface area contributed by atoms with E-state index in [9.17, 15) is 9.59 Å². The highest BCUT2D eigenvalue weighted by Gasteiger charge is 2.15. The van der Waals surface area contributed by atoms with E-state index in [1.54, 1.807) is 6.92 Å². The van der Waals surface area contributed by atoms with E-state index in [1.165, 1.54) is 0 Å². The quantitative estimate of drug-likeness (QED) is 0.257. The van der Waals surface area contributed by atoms with Gasteiger partial charge in [0.25, 0.3) is 0 Å². The minimum absolute atomic E-state index is 0.147. The largest absolute Gasteiger partial charge is 0.457 e. The smallest absolute Gasteiger partial charge is 0.449 e. The van der Waals surface area contributed by atoms with Crippen LogP contribution in [0, 0.1) is 0 Å². The Kier molecular flexibility index (Phi) is 4.23. The Morgan fingerprint density at radius 1 is 1.40 bits per heavy atom. The maximum Gasteiger partial charge on any atom is 0.449 e. The monoisotopic (exact) mass is 148 g/mol. The van der Waals surface area contributed by atoms with Crippen LogP contribution in [0.25, 0.3) is 0 Å². The molecule has 5 heteroatoms. The van der Waals surface area contributed by atoms with Crippen molar-refractivity contribution >= 4 is 11.9 Å². The van der Waals surface area contributed by atoms with E-state index in [0.29, 0.717) is 6.42 Å². The minimum atomic E-state index is -1.39. The van der Waals surface area contributed by atoms with E-state index in [4.69, 9.17) is 5.26 Å². The minimum Gasteiger partial charge on any atom is -0.457 e. The lowest BCUT2D eigenvalue weighted by atomic mass is 10.5. The van der Waals surface area contributed by atoms with Crippen LogP contribution in [0.1, 0.15) is 13.3 Å². The number of hydrogen-bond donors (Lipinski definition) is 1. The Morgan fingerprint density at radius 3 is 2.40 bits per heavy atom. The molecule has 0 aliphatic carbocycles. The second-order valence-electron chi connectivity index (χ2n) is 1.51. The van der Waals surface area contributed by atoms with Crippen LogP contribution in [0.5, 0.6) is 0 Å². The van der Waals surface area contributed by atoms with Crippen LogP contribution in [-0.4, -0.2) is 23.8 Å². The van der Waals surface area contributed by atoms with Gasteiger partial charge in [0.2, 0.25) is 0 Å². The molecule has 0 radical (unpaired) electrons. The maximum atomic E-state index is 10.3. The number of hydrogen-bond acceptors (Lipinski definition) is 5. The highest BCUT2D eigenvalue weighted by atomic mass is 17.1. The molecule has 0 unspecified atom stereocenters. The molecule has 0 heterocycles. The van der Waals surface area contributed by atoms with Crippen LogP contribution in [0.2, 0.25) is 0 Å². The summed E-state index contributed by atoms with van der Waals surface area (Å²) in [4.78, 5) is 23.4. The third-order valence-corrected chi connectivity index (χ3v) is 0.687. The van der Waals surface area contributed by atoms with Gasteiger partial charge in [0.05, 0.1) is 6.61 Å². The second-order valence-corrected chi connectivity index (χ2v) is 1.51. The lowest BCUT2D eigenvalue weighted by Gasteiger charge is -1.97. The molecule has 0 aromatic carbocycles. The maximum absolute atomic E-state index is 10.3. The third kappa shape index (κ3) is 3.03. The van der Waals surface area contributed by atoms with Gasteiger partial charge in [0, 0.05) is 0 Å². The van der Waals surface area contributed by atoms with Crippen molar-refractivity contribution in [3.8, 4) is 0 Å². The Labute approximate surface area is 57.5 Å². The van der Waals surface area contributed by atoms with Crippen molar-refractivity contribution in [2.24, 2.45) is 0 Å². The molecular formula is C5H8O5. The van der Waals surface area contributed by atoms with E-state index in [1.807, 2.05) is 0 Å². The molecule has 0 saturated carbocycles. The summed E-state index contributed by atoms with van der Waals surface area (Å²) in [5.41, 5.74) is 0. The molecule has 0 amide bonds. The van der Waals surface area contributed by atoms with E-state index in [0.717, 1.165) is 0 Å². The van der Waals surface area contributed by atoms with E-state index in [2.05, 4.69) is 9.62 Å². The molecule has 5 nitrogen and oxygen atoms in total. The number of rotatable bonds is 2. The standard InChI is InChI=1S/C5H8O5/c1-2-3-9-4(6)5(7)10-8/h8H,2-3H2,1H3. The number of carbonyl (C=O) groups excluding carboxylic acids is 2. The summed E-state index contributed by atoms with van der Waals surface area (Å²) in [7, 11) is 0. The Morgan fingerprint density at radius 2 is 2.00 bits per heavy atom. The van der Waals surface area contributed by atoms with E-state index >= 15 is 0 Å². The van der Waals surface area contributed by atoms with Gasteiger partial charge in [0.15, 0.2) is 0 Å². The second kappa shape index (κ2) is 4.75. The molecule has 10 heavy (non-hydrogen) atoms. The number of esters is 1. The van der Waals surface area contributed by atoms with Gasteiger partial charge in [-0.1, -0.05) is 6.92 Å². The summed E-state index contributed by atoms with van der Waals surface area (Å²) in [6, 6.07) is 0. The molecule has 0 fully saturated rings. The van der Waals surface area contributed by atoms with Crippen LogP contribution >= 0.6 is 0 Å². The van der Waals surface area contributed by atoms with Crippen LogP contribution < -0.4 is 0 Å². The van der Waals surface area contributed by atoms with Crippen molar-refractivity contribution < 1.29 is 24.5 Å². The van der Waals surface area contributed by atoms with Crippen molar-refractivity contribution in [2.75, 3.05) is 6.61 Å². The molecule has 0 bridgehead atoms. The first-order chi connectivity index (χ1) is 4.72. The number of carbonyl (C=O) groups is 2. The fourth-order valence-electron chi connectivity index (χ4n) is 0.291. The third-order valence-electron chi connectivity index (χ3n) is 0.687. The molecule has 58 valence electrons. The zero-order valence-electron chi connectivity index (χ0n) is 5.49. The fourth-order valence-corrected chi connectivity index (χ4v) is 0.291. The zero-order valence-corrected chi connectivity index (χ0v) is 5.49. The molecular weight excluding hydrogens is 140 g/mol. The molecule has 0 saturated heterocycles. The topological polar surface area (TPSA) is 72.8 Å². The van der Waals surface area contributed by atoms with Gasteiger partial charge in [-0.2, -0.15) is 5.26 Å². The average Bonchev–Trinajstić information content (AvgIpc) is 1.98. The van der Waals surface area contributed by atoms with Crippen LogP contribution in [-0.2, 0) is 19.2 Å². The van der Waals surface area contributed by atoms with Crippen molar-refractivity contribution in [1.82, 2.24) is 0 Å². The zero-order chi connectivity index (χ0) is 7.98. The Balaban J connectivity index is 3.52. The van der Waals surface area contributed by atoms with Gasteiger partial charge in [-0.25, -0.2) is 9.59 Å². The molecule has 0 aliphatic rings. The van der Waals surface area contributed by atoms with Crippen LogP contribution in [0.4, 0.5) is 0 Å². The van der Waals surface area contributed by atoms with E-state index < -0.39 is 11.9 Å². The Bertz CT molecular complexity index is 130. The average molecular weight is 148 g/mol.